The number of halogens is 3. The predicted octanol–water partition coefficient (Wildman–Crippen LogP) is 4.31. The number of rotatable bonds is 6. The first-order chi connectivity index (χ1) is 19.1. The number of hydrogen-bond donors (Lipinski definition) is 0. The van der Waals surface area contributed by atoms with Crippen molar-refractivity contribution in [3.05, 3.63) is 70.8 Å². The lowest BCUT2D eigenvalue weighted by atomic mass is 9.82. The van der Waals surface area contributed by atoms with Crippen LogP contribution in [0.1, 0.15) is 30.9 Å². The average Bonchev–Trinajstić information content (AvgIpc) is 3.20. The van der Waals surface area contributed by atoms with Crippen molar-refractivity contribution in [2.24, 2.45) is 0 Å². The number of hydrogen-bond acceptors (Lipinski definition) is 6. The van der Waals surface area contributed by atoms with Gasteiger partial charge in [-0.2, -0.15) is 13.2 Å². The zero-order chi connectivity index (χ0) is 28.5. The van der Waals surface area contributed by atoms with Gasteiger partial charge in [0.2, 0.25) is 0 Å². The van der Waals surface area contributed by atoms with Crippen LogP contribution in [-0.4, -0.2) is 80.2 Å². The van der Waals surface area contributed by atoms with Crippen LogP contribution >= 0.6 is 0 Å². The van der Waals surface area contributed by atoms with Gasteiger partial charge in [-0.15, -0.1) is 0 Å². The van der Waals surface area contributed by atoms with Crippen LogP contribution in [0.5, 0.6) is 5.75 Å². The van der Waals surface area contributed by atoms with Gasteiger partial charge in [0, 0.05) is 69.9 Å². The number of likely N-dealkylation sites (tertiary alicyclic amines) is 1. The molecule has 1 amide bonds. The lowest BCUT2D eigenvalue weighted by Crippen LogP contribution is -2.53. The molecule has 7 nitrogen and oxygen atoms in total. The monoisotopic (exact) mass is 557 g/mol. The van der Waals surface area contributed by atoms with E-state index in [0.29, 0.717) is 68.9 Å². The lowest BCUT2D eigenvalue weighted by molar-refractivity contribution is -0.151. The Balaban J connectivity index is 1.22. The summed E-state index contributed by atoms with van der Waals surface area (Å²) in [7, 11) is 1.66. The first-order valence-corrected chi connectivity index (χ1v) is 13.6. The number of carbonyl (C=O) groups excluding carboxylic acids is 2. The van der Waals surface area contributed by atoms with Crippen molar-refractivity contribution in [3.63, 3.8) is 0 Å². The van der Waals surface area contributed by atoms with Crippen molar-refractivity contribution in [1.82, 2.24) is 9.80 Å². The molecule has 0 saturated carbocycles. The van der Waals surface area contributed by atoms with E-state index in [1.807, 2.05) is 23.1 Å². The van der Waals surface area contributed by atoms with Crippen LogP contribution in [-0.2, 0) is 26.9 Å². The molecule has 0 aliphatic carbocycles. The van der Waals surface area contributed by atoms with E-state index in [-0.39, 0.29) is 5.91 Å². The zero-order valence-electron chi connectivity index (χ0n) is 22.8. The standard InChI is InChI=1S/C30H34F3N3O4/c1-21-26(27(37)36-18-16-35(17-19-36)24-8-5-7-23(20-24)30(31,32)33)29(40-28(21)38)11-14-34(15-12-29)13-10-22-6-3-4-9-25(22)39-2/h3-9,20H,10-19H2,1-2H3. The van der Waals surface area contributed by atoms with Gasteiger partial charge in [-0.05, 0) is 43.2 Å². The molecule has 2 aromatic carbocycles. The van der Waals surface area contributed by atoms with E-state index in [1.165, 1.54) is 6.07 Å². The third-order valence-electron chi connectivity index (χ3n) is 8.30. The zero-order valence-corrected chi connectivity index (χ0v) is 22.8. The second-order valence-electron chi connectivity index (χ2n) is 10.6. The van der Waals surface area contributed by atoms with Crippen molar-refractivity contribution in [2.75, 3.05) is 57.8 Å². The highest BCUT2D eigenvalue weighted by Crippen LogP contribution is 2.42. The number of carbonyl (C=O) groups is 2. The van der Waals surface area contributed by atoms with E-state index in [2.05, 4.69) is 11.0 Å². The fraction of sp³-hybridized carbons (Fsp3) is 0.467. The Bertz CT molecular complexity index is 1290. The molecule has 2 saturated heterocycles. The number of benzene rings is 2. The quantitative estimate of drug-likeness (QED) is 0.494. The summed E-state index contributed by atoms with van der Waals surface area (Å²) in [5, 5.41) is 0. The first-order valence-electron chi connectivity index (χ1n) is 13.6. The summed E-state index contributed by atoms with van der Waals surface area (Å²) >= 11 is 0. The van der Waals surface area contributed by atoms with Crippen LogP contribution in [0.3, 0.4) is 0 Å². The highest BCUT2D eigenvalue weighted by molar-refractivity contribution is 6.07. The third-order valence-corrected chi connectivity index (χ3v) is 8.30. The molecule has 1 spiro atoms. The van der Waals surface area contributed by atoms with Crippen molar-refractivity contribution in [1.29, 1.82) is 0 Å². The predicted molar refractivity (Wildman–Crippen MR) is 144 cm³/mol. The van der Waals surface area contributed by atoms with Gasteiger partial charge < -0.3 is 24.2 Å². The maximum atomic E-state index is 13.8. The molecule has 214 valence electrons. The number of para-hydroxylation sites is 1. The molecular weight excluding hydrogens is 523 g/mol. The number of anilines is 1. The molecule has 0 bridgehead atoms. The SMILES string of the molecule is COc1ccccc1CCN1CCC2(CC1)OC(=O)C(C)=C2C(=O)N1CCN(c2cccc(C(F)(F)F)c2)CC1. The Labute approximate surface area is 232 Å². The van der Waals surface area contributed by atoms with E-state index in [9.17, 15) is 22.8 Å². The number of piperazine rings is 1. The summed E-state index contributed by atoms with van der Waals surface area (Å²) in [5.74, 6) is 0.197. The summed E-state index contributed by atoms with van der Waals surface area (Å²) in [6.07, 6.45) is -2.51. The van der Waals surface area contributed by atoms with Crippen LogP contribution in [0.4, 0.5) is 18.9 Å². The molecule has 3 heterocycles. The van der Waals surface area contributed by atoms with Crippen LogP contribution in [0.15, 0.2) is 59.7 Å². The molecule has 0 aromatic heterocycles. The molecule has 0 unspecified atom stereocenters. The Morgan fingerprint density at radius 3 is 2.38 bits per heavy atom. The van der Waals surface area contributed by atoms with E-state index in [1.54, 1.807) is 25.0 Å². The lowest BCUT2D eigenvalue weighted by Gasteiger charge is -2.42. The minimum atomic E-state index is -4.41. The summed E-state index contributed by atoms with van der Waals surface area (Å²) in [4.78, 5) is 32.3. The van der Waals surface area contributed by atoms with E-state index in [0.717, 1.165) is 36.4 Å². The number of ether oxygens (including phenoxy) is 2. The average molecular weight is 558 g/mol. The van der Waals surface area contributed by atoms with Gasteiger partial charge >= 0.3 is 12.1 Å². The minimum Gasteiger partial charge on any atom is -0.496 e. The number of alkyl halides is 3. The van der Waals surface area contributed by atoms with Crippen LogP contribution in [0.2, 0.25) is 0 Å². The van der Waals surface area contributed by atoms with E-state index in [4.69, 9.17) is 9.47 Å². The van der Waals surface area contributed by atoms with Crippen LogP contribution in [0, 0.1) is 0 Å². The Morgan fingerprint density at radius 2 is 1.70 bits per heavy atom. The first kappa shape index (κ1) is 28.0. The van der Waals surface area contributed by atoms with Gasteiger partial charge in [0.25, 0.3) is 5.91 Å². The maximum Gasteiger partial charge on any atom is 0.416 e. The van der Waals surface area contributed by atoms with Gasteiger partial charge in [-0.3, -0.25) is 4.79 Å². The highest BCUT2D eigenvalue weighted by Gasteiger charge is 2.51. The smallest absolute Gasteiger partial charge is 0.416 e. The van der Waals surface area contributed by atoms with Crippen LogP contribution in [0.25, 0.3) is 0 Å². The van der Waals surface area contributed by atoms with Gasteiger partial charge in [-0.25, -0.2) is 4.79 Å². The fourth-order valence-electron chi connectivity index (χ4n) is 5.99. The molecule has 40 heavy (non-hydrogen) atoms. The second kappa shape index (κ2) is 11.2. The largest absolute Gasteiger partial charge is 0.496 e. The molecule has 0 N–H and O–H groups in total. The highest BCUT2D eigenvalue weighted by atomic mass is 19.4. The van der Waals surface area contributed by atoms with Crippen molar-refractivity contribution in [2.45, 2.75) is 38.0 Å². The van der Waals surface area contributed by atoms with Crippen LogP contribution < -0.4 is 9.64 Å². The molecular formula is C30H34F3N3O4. The molecule has 10 heteroatoms. The van der Waals surface area contributed by atoms with Gasteiger partial charge in [0.15, 0.2) is 0 Å². The molecule has 5 rings (SSSR count). The molecule has 2 fully saturated rings. The summed E-state index contributed by atoms with van der Waals surface area (Å²) in [5.41, 5.74) is 0.781. The molecule has 0 radical (unpaired) electrons. The Kier molecular flexibility index (Phi) is 7.81. The summed E-state index contributed by atoms with van der Waals surface area (Å²) in [6.45, 7) is 5.36. The molecule has 0 atom stereocenters. The number of piperidine rings is 1. The number of methoxy groups -OCH3 is 1. The molecule has 3 aliphatic rings. The van der Waals surface area contributed by atoms with Gasteiger partial charge in [0.1, 0.15) is 11.4 Å². The minimum absolute atomic E-state index is 0.213. The van der Waals surface area contributed by atoms with Gasteiger partial charge in [-0.1, -0.05) is 24.3 Å². The second-order valence-corrected chi connectivity index (χ2v) is 10.6. The Hall–Kier alpha value is -3.53. The van der Waals surface area contributed by atoms with E-state index < -0.39 is 23.3 Å². The summed E-state index contributed by atoms with van der Waals surface area (Å²) < 4.78 is 50.9. The molecule has 2 aromatic rings. The van der Waals surface area contributed by atoms with Crippen molar-refractivity contribution >= 4 is 17.6 Å². The van der Waals surface area contributed by atoms with Crippen molar-refractivity contribution in [3.8, 4) is 5.75 Å². The normalized spacial score (nSPS) is 19.8. The van der Waals surface area contributed by atoms with E-state index >= 15 is 0 Å². The topological polar surface area (TPSA) is 62.3 Å². The number of amides is 1. The maximum absolute atomic E-state index is 13.8. The number of esters is 1. The number of nitrogens with zero attached hydrogens (tertiary/aromatic N) is 3. The molecule has 3 aliphatic heterocycles. The fourth-order valence-corrected chi connectivity index (χ4v) is 5.99. The van der Waals surface area contributed by atoms with Gasteiger partial charge in [0.05, 0.1) is 18.2 Å². The third kappa shape index (κ3) is 5.54. The summed E-state index contributed by atoms with van der Waals surface area (Å²) in [6, 6.07) is 13.2. The Morgan fingerprint density at radius 1 is 1.00 bits per heavy atom. The van der Waals surface area contributed by atoms with Crippen molar-refractivity contribution < 1.29 is 32.2 Å².